The summed E-state index contributed by atoms with van der Waals surface area (Å²) in [6, 6.07) is 10.1. The molecule has 2 N–H and O–H groups in total. The van der Waals surface area contributed by atoms with E-state index >= 15 is 0 Å². The Morgan fingerprint density at radius 2 is 1.93 bits per heavy atom. The molecule has 3 heteroatoms. The Hall–Kier alpha value is -1.48. The average Bonchev–Trinajstić information content (AvgIpc) is 2.71. The molecule has 1 heterocycles. The largest absolute Gasteiger partial charge is 0.399 e. The third kappa shape index (κ3) is 2.50. The number of nitrogens with zero attached hydrogens (tertiary/aromatic N) is 1. The summed E-state index contributed by atoms with van der Waals surface area (Å²) in [6.45, 7) is 0.938. The molecule has 2 aromatic rings. The van der Waals surface area contributed by atoms with E-state index in [1.54, 1.807) is 11.3 Å². The van der Waals surface area contributed by atoms with Gasteiger partial charge in [-0.05, 0) is 46.7 Å². The SMILES string of the molecule is CN(Cc1ccsc1)c1ccc(N)cc1. The maximum Gasteiger partial charge on any atom is 0.0434 e. The fourth-order valence-electron chi connectivity index (χ4n) is 1.48. The van der Waals surface area contributed by atoms with E-state index in [-0.39, 0.29) is 0 Å². The van der Waals surface area contributed by atoms with Gasteiger partial charge in [-0.1, -0.05) is 0 Å². The van der Waals surface area contributed by atoms with Gasteiger partial charge in [0.05, 0.1) is 0 Å². The summed E-state index contributed by atoms with van der Waals surface area (Å²) in [4.78, 5) is 2.21. The minimum absolute atomic E-state index is 0.808. The van der Waals surface area contributed by atoms with Crippen LogP contribution in [0, 0.1) is 0 Å². The first kappa shape index (κ1) is 10.1. The van der Waals surface area contributed by atoms with Gasteiger partial charge in [0.25, 0.3) is 0 Å². The molecule has 0 bridgehead atoms. The lowest BCUT2D eigenvalue weighted by Gasteiger charge is -2.18. The van der Waals surface area contributed by atoms with Gasteiger partial charge in [0.2, 0.25) is 0 Å². The summed E-state index contributed by atoms with van der Waals surface area (Å²) >= 11 is 1.73. The van der Waals surface area contributed by atoms with Gasteiger partial charge in [-0.2, -0.15) is 11.3 Å². The molecule has 0 aliphatic carbocycles. The Kier molecular flexibility index (Phi) is 2.92. The van der Waals surface area contributed by atoms with Gasteiger partial charge in [0.1, 0.15) is 0 Å². The molecule has 0 saturated heterocycles. The molecule has 0 saturated carbocycles. The molecule has 0 amide bonds. The van der Waals surface area contributed by atoms with Gasteiger partial charge in [-0.25, -0.2) is 0 Å². The van der Waals surface area contributed by atoms with Crippen molar-refractivity contribution in [2.75, 3.05) is 17.7 Å². The van der Waals surface area contributed by atoms with E-state index in [2.05, 4.69) is 28.8 Å². The summed E-state index contributed by atoms with van der Waals surface area (Å²) < 4.78 is 0. The Bertz CT molecular complexity index is 406. The van der Waals surface area contributed by atoms with Crippen molar-refractivity contribution < 1.29 is 0 Å². The summed E-state index contributed by atoms with van der Waals surface area (Å²) in [5.74, 6) is 0. The third-order valence-electron chi connectivity index (χ3n) is 2.33. The Labute approximate surface area is 94.0 Å². The van der Waals surface area contributed by atoms with Crippen LogP contribution in [0.2, 0.25) is 0 Å². The van der Waals surface area contributed by atoms with Crippen LogP contribution in [0.4, 0.5) is 11.4 Å². The number of hydrogen-bond acceptors (Lipinski definition) is 3. The second-order valence-electron chi connectivity index (χ2n) is 3.58. The maximum absolute atomic E-state index is 5.65. The molecule has 0 aliphatic rings. The van der Waals surface area contributed by atoms with Crippen molar-refractivity contribution in [1.82, 2.24) is 0 Å². The zero-order valence-electron chi connectivity index (χ0n) is 8.68. The molecule has 1 aromatic heterocycles. The van der Waals surface area contributed by atoms with Crippen LogP contribution in [0.1, 0.15) is 5.56 Å². The molecule has 1 aromatic carbocycles. The van der Waals surface area contributed by atoms with Gasteiger partial charge in [0.15, 0.2) is 0 Å². The fraction of sp³-hybridized carbons (Fsp3) is 0.167. The predicted molar refractivity (Wildman–Crippen MR) is 67.3 cm³/mol. The Balaban J connectivity index is 2.08. The van der Waals surface area contributed by atoms with Crippen molar-refractivity contribution in [3.05, 3.63) is 46.7 Å². The van der Waals surface area contributed by atoms with Crippen molar-refractivity contribution in [2.45, 2.75) is 6.54 Å². The molecule has 0 unspecified atom stereocenters. The van der Waals surface area contributed by atoms with Gasteiger partial charge in [-0.15, -0.1) is 0 Å². The number of anilines is 2. The van der Waals surface area contributed by atoms with Crippen molar-refractivity contribution in [1.29, 1.82) is 0 Å². The second kappa shape index (κ2) is 4.36. The van der Waals surface area contributed by atoms with E-state index in [1.165, 1.54) is 11.3 Å². The van der Waals surface area contributed by atoms with E-state index in [0.717, 1.165) is 12.2 Å². The Morgan fingerprint density at radius 1 is 1.20 bits per heavy atom. The van der Waals surface area contributed by atoms with Crippen molar-refractivity contribution in [3.63, 3.8) is 0 Å². The molecule has 0 fully saturated rings. The van der Waals surface area contributed by atoms with E-state index in [9.17, 15) is 0 Å². The highest BCUT2D eigenvalue weighted by atomic mass is 32.1. The molecular weight excluding hydrogens is 204 g/mol. The van der Waals surface area contributed by atoms with Crippen LogP contribution >= 0.6 is 11.3 Å². The topological polar surface area (TPSA) is 29.3 Å². The number of rotatable bonds is 3. The van der Waals surface area contributed by atoms with Crippen LogP contribution in [-0.4, -0.2) is 7.05 Å². The highest BCUT2D eigenvalue weighted by Crippen LogP contribution is 2.18. The molecule has 15 heavy (non-hydrogen) atoms. The van der Waals surface area contributed by atoms with E-state index in [0.29, 0.717) is 0 Å². The monoisotopic (exact) mass is 218 g/mol. The highest BCUT2D eigenvalue weighted by molar-refractivity contribution is 7.07. The van der Waals surface area contributed by atoms with Gasteiger partial charge in [0, 0.05) is 25.0 Å². The summed E-state index contributed by atoms with van der Waals surface area (Å²) in [6.07, 6.45) is 0. The lowest BCUT2D eigenvalue weighted by Crippen LogP contribution is -2.15. The summed E-state index contributed by atoms with van der Waals surface area (Å²) in [5.41, 5.74) is 8.99. The molecular formula is C12H14N2S. The summed E-state index contributed by atoms with van der Waals surface area (Å²) in [7, 11) is 2.09. The standard InChI is InChI=1S/C12H14N2S/c1-14(8-10-6-7-15-9-10)12-4-2-11(13)3-5-12/h2-7,9H,8,13H2,1H3. The van der Waals surface area contributed by atoms with Crippen molar-refractivity contribution >= 4 is 22.7 Å². The lowest BCUT2D eigenvalue weighted by molar-refractivity contribution is 0.928. The smallest absolute Gasteiger partial charge is 0.0434 e. The highest BCUT2D eigenvalue weighted by Gasteiger charge is 2.01. The van der Waals surface area contributed by atoms with E-state index < -0.39 is 0 Å². The van der Waals surface area contributed by atoms with Crippen LogP contribution in [0.15, 0.2) is 41.1 Å². The van der Waals surface area contributed by atoms with E-state index in [1.807, 2.05) is 24.3 Å². The maximum atomic E-state index is 5.65. The van der Waals surface area contributed by atoms with Gasteiger partial charge in [-0.3, -0.25) is 0 Å². The lowest BCUT2D eigenvalue weighted by atomic mass is 10.2. The van der Waals surface area contributed by atoms with Gasteiger partial charge >= 0.3 is 0 Å². The molecule has 0 atom stereocenters. The predicted octanol–water partition coefficient (Wildman–Crippen LogP) is 2.97. The molecule has 0 aliphatic heterocycles. The van der Waals surface area contributed by atoms with Crippen LogP contribution in [0.3, 0.4) is 0 Å². The van der Waals surface area contributed by atoms with Crippen LogP contribution in [0.5, 0.6) is 0 Å². The van der Waals surface area contributed by atoms with E-state index in [4.69, 9.17) is 5.73 Å². The molecule has 0 spiro atoms. The molecule has 78 valence electrons. The van der Waals surface area contributed by atoms with Gasteiger partial charge < -0.3 is 10.6 Å². The fourth-order valence-corrected chi connectivity index (χ4v) is 2.14. The Morgan fingerprint density at radius 3 is 2.53 bits per heavy atom. The first-order valence-corrected chi connectivity index (χ1v) is 5.78. The second-order valence-corrected chi connectivity index (χ2v) is 4.36. The zero-order valence-corrected chi connectivity index (χ0v) is 9.50. The quantitative estimate of drug-likeness (QED) is 0.802. The van der Waals surface area contributed by atoms with Crippen molar-refractivity contribution in [2.24, 2.45) is 0 Å². The number of benzene rings is 1. The summed E-state index contributed by atoms with van der Waals surface area (Å²) in [5, 5.41) is 4.28. The normalized spacial score (nSPS) is 10.2. The van der Waals surface area contributed by atoms with Crippen LogP contribution in [0.25, 0.3) is 0 Å². The minimum atomic E-state index is 0.808. The molecule has 2 nitrogen and oxygen atoms in total. The number of nitrogens with two attached hydrogens (primary N) is 1. The first-order chi connectivity index (χ1) is 7.25. The van der Waals surface area contributed by atoms with Crippen LogP contribution < -0.4 is 10.6 Å². The number of nitrogen functional groups attached to an aromatic ring is 1. The van der Waals surface area contributed by atoms with Crippen LogP contribution in [-0.2, 0) is 6.54 Å². The minimum Gasteiger partial charge on any atom is -0.399 e. The average molecular weight is 218 g/mol. The first-order valence-electron chi connectivity index (χ1n) is 4.83. The number of thiophene rings is 1. The third-order valence-corrected chi connectivity index (χ3v) is 3.07. The number of hydrogen-bond donors (Lipinski definition) is 1. The zero-order chi connectivity index (χ0) is 10.7. The molecule has 0 radical (unpaired) electrons. The van der Waals surface area contributed by atoms with Crippen molar-refractivity contribution in [3.8, 4) is 0 Å². The molecule has 2 rings (SSSR count).